The number of nitrogens with two attached hydrogens (primary N) is 1. The zero-order chi connectivity index (χ0) is 13.5. The normalized spacial score (nSPS) is 26.1. The number of rotatable bonds is 3. The molecule has 2 aromatic rings. The van der Waals surface area contributed by atoms with Crippen molar-refractivity contribution in [2.45, 2.75) is 18.9 Å². The molecule has 5 heteroatoms. The van der Waals surface area contributed by atoms with Crippen molar-refractivity contribution in [2.24, 2.45) is 17.6 Å². The molecule has 4 rings (SSSR count). The van der Waals surface area contributed by atoms with E-state index in [2.05, 4.69) is 15.0 Å². The van der Waals surface area contributed by atoms with Crippen LogP contribution in [0.1, 0.15) is 12.8 Å². The second-order valence-electron chi connectivity index (χ2n) is 5.84. The molecule has 1 aromatic heterocycles. The van der Waals surface area contributed by atoms with Gasteiger partial charge in [0.2, 0.25) is 0 Å². The van der Waals surface area contributed by atoms with Crippen LogP contribution in [0.4, 0.5) is 5.95 Å². The molecule has 1 saturated heterocycles. The van der Waals surface area contributed by atoms with Gasteiger partial charge >= 0.3 is 0 Å². The Kier molecular flexibility index (Phi) is 2.73. The summed E-state index contributed by atoms with van der Waals surface area (Å²) in [5.74, 6) is 2.65. The van der Waals surface area contributed by atoms with Gasteiger partial charge < -0.3 is 15.2 Å². The summed E-state index contributed by atoms with van der Waals surface area (Å²) in [5.41, 5.74) is 7.19. The molecule has 104 valence electrons. The van der Waals surface area contributed by atoms with E-state index < -0.39 is 0 Å². The molecule has 2 aliphatic rings. The van der Waals surface area contributed by atoms with E-state index in [-0.39, 0.29) is 6.04 Å². The van der Waals surface area contributed by atoms with E-state index in [1.807, 2.05) is 30.3 Å². The molecule has 0 spiro atoms. The van der Waals surface area contributed by atoms with Crippen LogP contribution in [0.2, 0.25) is 0 Å². The van der Waals surface area contributed by atoms with Crippen molar-refractivity contribution in [1.82, 2.24) is 10.1 Å². The summed E-state index contributed by atoms with van der Waals surface area (Å²) in [5, 5.41) is 4.11. The van der Waals surface area contributed by atoms with Gasteiger partial charge in [0.05, 0.1) is 0 Å². The van der Waals surface area contributed by atoms with Crippen LogP contribution in [0.25, 0.3) is 11.5 Å². The number of aromatic nitrogens is 2. The van der Waals surface area contributed by atoms with Crippen molar-refractivity contribution in [2.75, 3.05) is 18.0 Å². The molecule has 2 N–H and O–H groups in total. The molecule has 5 nitrogen and oxygen atoms in total. The number of nitrogens with zero attached hydrogens (tertiary/aromatic N) is 3. The summed E-state index contributed by atoms with van der Waals surface area (Å²) >= 11 is 0. The zero-order valence-electron chi connectivity index (χ0n) is 11.3. The molecule has 1 saturated carbocycles. The third-order valence-electron chi connectivity index (χ3n) is 4.36. The van der Waals surface area contributed by atoms with Gasteiger partial charge in [0, 0.05) is 24.7 Å². The first-order valence-electron chi connectivity index (χ1n) is 7.21. The Bertz CT molecular complexity index is 593. The van der Waals surface area contributed by atoms with Crippen molar-refractivity contribution < 1.29 is 4.52 Å². The topological polar surface area (TPSA) is 68.2 Å². The summed E-state index contributed by atoms with van der Waals surface area (Å²) in [6, 6.07) is 10.1. The fraction of sp³-hybridized carbons (Fsp3) is 0.467. The monoisotopic (exact) mass is 270 g/mol. The quantitative estimate of drug-likeness (QED) is 0.922. The molecule has 0 amide bonds. The highest BCUT2D eigenvalue weighted by atomic mass is 16.5. The van der Waals surface area contributed by atoms with Crippen molar-refractivity contribution >= 4 is 5.95 Å². The van der Waals surface area contributed by atoms with Gasteiger partial charge in [0.25, 0.3) is 11.8 Å². The molecule has 2 atom stereocenters. The maximum atomic E-state index is 6.24. The minimum Gasteiger partial charge on any atom is -0.336 e. The van der Waals surface area contributed by atoms with Gasteiger partial charge in [-0.15, -0.1) is 0 Å². The van der Waals surface area contributed by atoms with Crippen LogP contribution in [0.15, 0.2) is 34.9 Å². The Hall–Kier alpha value is -1.88. The lowest BCUT2D eigenvalue weighted by atomic mass is 9.99. The first-order valence-corrected chi connectivity index (χ1v) is 7.21. The van der Waals surface area contributed by atoms with Gasteiger partial charge in [-0.1, -0.05) is 18.2 Å². The summed E-state index contributed by atoms with van der Waals surface area (Å²) in [4.78, 5) is 6.66. The highest BCUT2D eigenvalue weighted by molar-refractivity contribution is 5.54. The van der Waals surface area contributed by atoms with Crippen LogP contribution < -0.4 is 10.6 Å². The standard InChI is InChI=1S/C15H18N4O/c16-13-9-19(8-12(13)10-6-7-10)15-17-14(20-18-15)11-4-2-1-3-5-11/h1-5,10,12-13H,6-9,16H2/t12-,13+/m0/s1. The van der Waals surface area contributed by atoms with E-state index in [1.165, 1.54) is 12.8 Å². The average Bonchev–Trinajstić information content (AvgIpc) is 3.06. The van der Waals surface area contributed by atoms with Crippen molar-refractivity contribution in [3.05, 3.63) is 30.3 Å². The van der Waals surface area contributed by atoms with E-state index in [9.17, 15) is 0 Å². The summed E-state index contributed by atoms with van der Waals surface area (Å²) in [7, 11) is 0. The van der Waals surface area contributed by atoms with Gasteiger partial charge in [0.1, 0.15) is 0 Å². The maximum Gasteiger partial charge on any atom is 0.266 e. The molecule has 0 bridgehead atoms. The van der Waals surface area contributed by atoms with E-state index in [1.54, 1.807) is 0 Å². The Labute approximate surface area is 117 Å². The molecule has 1 aliphatic heterocycles. The Morgan fingerprint density at radius 2 is 1.95 bits per heavy atom. The summed E-state index contributed by atoms with van der Waals surface area (Å²) in [6.07, 6.45) is 2.65. The van der Waals surface area contributed by atoms with E-state index in [0.29, 0.717) is 17.8 Å². The average molecular weight is 270 g/mol. The molecule has 0 unspecified atom stereocenters. The third kappa shape index (κ3) is 2.08. The van der Waals surface area contributed by atoms with Crippen LogP contribution in [0.3, 0.4) is 0 Å². The van der Waals surface area contributed by atoms with Gasteiger partial charge in [-0.05, 0) is 42.0 Å². The molecular formula is C15H18N4O. The SMILES string of the molecule is N[C@@H]1CN(c2noc(-c3ccccc3)n2)C[C@H]1C1CC1. The van der Waals surface area contributed by atoms with Crippen LogP contribution in [-0.4, -0.2) is 29.3 Å². The minimum atomic E-state index is 0.237. The fourth-order valence-corrected chi connectivity index (χ4v) is 3.08. The van der Waals surface area contributed by atoms with E-state index in [0.717, 1.165) is 24.6 Å². The van der Waals surface area contributed by atoms with E-state index >= 15 is 0 Å². The van der Waals surface area contributed by atoms with Crippen molar-refractivity contribution in [3.8, 4) is 11.5 Å². The Morgan fingerprint density at radius 1 is 1.15 bits per heavy atom. The van der Waals surface area contributed by atoms with Gasteiger partial charge in [0.15, 0.2) is 0 Å². The lowest BCUT2D eigenvalue weighted by molar-refractivity contribution is 0.429. The number of hydrogen-bond donors (Lipinski definition) is 1. The second-order valence-corrected chi connectivity index (χ2v) is 5.84. The largest absolute Gasteiger partial charge is 0.336 e. The number of benzene rings is 1. The predicted molar refractivity (Wildman–Crippen MR) is 76.1 cm³/mol. The number of anilines is 1. The lowest BCUT2D eigenvalue weighted by Gasteiger charge is -2.12. The van der Waals surface area contributed by atoms with Gasteiger partial charge in [-0.3, -0.25) is 0 Å². The van der Waals surface area contributed by atoms with Crippen molar-refractivity contribution in [1.29, 1.82) is 0 Å². The summed E-state index contributed by atoms with van der Waals surface area (Å²) < 4.78 is 5.37. The van der Waals surface area contributed by atoms with E-state index in [4.69, 9.17) is 10.3 Å². The maximum absolute atomic E-state index is 6.24. The predicted octanol–water partition coefficient (Wildman–Crippen LogP) is 1.91. The molecule has 1 aliphatic carbocycles. The van der Waals surface area contributed by atoms with Crippen LogP contribution in [0.5, 0.6) is 0 Å². The highest BCUT2D eigenvalue weighted by Gasteiger charge is 2.41. The molecule has 1 aromatic carbocycles. The second kappa shape index (κ2) is 4.59. The van der Waals surface area contributed by atoms with Crippen molar-refractivity contribution in [3.63, 3.8) is 0 Å². The van der Waals surface area contributed by atoms with Crippen LogP contribution >= 0.6 is 0 Å². The smallest absolute Gasteiger partial charge is 0.266 e. The molecule has 0 radical (unpaired) electrons. The summed E-state index contributed by atoms with van der Waals surface area (Å²) in [6.45, 7) is 1.79. The van der Waals surface area contributed by atoms with Gasteiger partial charge in [-0.2, -0.15) is 4.98 Å². The third-order valence-corrected chi connectivity index (χ3v) is 4.36. The zero-order valence-corrected chi connectivity index (χ0v) is 11.3. The Balaban J connectivity index is 1.54. The first kappa shape index (κ1) is 11.9. The highest BCUT2D eigenvalue weighted by Crippen LogP contribution is 2.41. The minimum absolute atomic E-state index is 0.237. The first-order chi connectivity index (χ1) is 9.81. The lowest BCUT2D eigenvalue weighted by Crippen LogP contribution is -2.30. The molecule has 20 heavy (non-hydrogen) atoms. The molecule has 2 heterocycles. The molecule has 2 fully saturated rings. The van der Waals surface area contributed by atoms with Gasteiger partial charge in [-0.25, -0.2) is 0 Å². The van der Waals surface area contributed by atoms with Crippen LogP contribution in [0, 0.1) is 11.8 Å². The van der Waals surface area contributed by atoms with Crippen LogP contribution in [-0.2, 0) is 0 Å². The number of hydrogen-bond acceptors (Lipinski definition) is 5. The Morgan fingerprint density at radius 3 is 2.70 bits per heavy atom. The molecular weight excluding hydrogens is 252 g/mol. The fourth-order valence-electron chi connectivity index (χ4n) is 3.08.